The topological polar surface area (TPSA) is 96.6 Å². The molecular weight excluding hydrogens is 439 g/mol. The van der Waals surface area contributed by atoms with Crippen LogP contribution in [0.5, 0.6) is 0 Å². The van der Waals surface area contributed by atoms with Crippen LogP contribution < -0.4 is 10.7 Å². The first kappa shape index (κ1) is 21.1. The van der Waals surface area contributed by atoms with E-state index in [-0.39, 0.29) is 11.5 Å². The molecule has 0 unspecified atom stereocenters. The summed E-state index contributed by atoms with van der Waals surface area (Å²) in [6.07, 6.45) is 3.68. The molecule has 2 amide bonds. The van der Waals surface area contributed by atoms with E-state index in [9.17, 15) is 9.59 Å². The smallest absolute Gasteiger partial charge is 0.291 e. The number of furan rings is 1. The van der Waals surface area contributed by atoms with Gasteiger partial charge in [-0.05, 0) is 50.1 Å². The van der Waals surface area contributed by atoms with Gasteiger partial charge in [0.05, 0.1) is 15.8 Å². The number of aryl methyl sites for hydroxylation is 1. The highest BCUT2D eigenvalue weighted by atomic mass is 35.5. The van der Waals surface area contributed by atoms with Crippen molar-refractivity contribution in [3.8, 4) is 0 Å². The molecule has 2 N–H and O–H groups in total. The SMILES string of the molecule is Cc1c(C(=O)Nc2ccc(Cl)c(Cl)c2)oc2c1/C(=N/NC(=O)c1ccccn1)CCC2. The van der Waals surface area contributed by atoms with Crippen LogP contribution >= 0.6 is 23.2 Å². The van der Waals surface area contributed by atoms with Gasteiger partial charge in [0.1, 0.15) is 11.5 Å². The molecule has 31 heavy (non-hydrogen) atoms. The van der Waals surface area contributed by atoms with Gasteiger partial charge < -0.3 is 9.73 Å². The lowest BCUT2D eigenvalue weighted by molar-refractivity contribution is 0.0948. The van der Waals surface area contributed by atoms with Crippen molar-refractivity contribution in [2.75, 3.05) is 5.32 Å². The third kappa shape index (κ3) is 4.47. The highest BCUT2D eigenvalue weighted by Gasteiger charge is 2.28. The van der Waals surface area contributed by atoms with Gasteiger partial charge in [-0.1, -0.05) is 29.3 Å². The number of rotatable bonds is 4. The average molecular weight is 457 g/mol. The minimum Gasteiger partial charge on any atom is -0.455 e. The van der Waals surface area contributed by atoms with E-state index in [1.54, 1.807) is 49.5 Å². The summed E-state index contributed by atoms with van der Waals surface area (Å²) in [6.45, 7) is 1.80. The fourth-order valence-corrected chi connectivity index (χ4v) is 3.73. The van der Waals surface area contributed by atoms with Gasteiger partial charge in [-0.15, -0.1) is 0 Å². The van der Waals surface area contributed by atoms with Crippen molar-refractivity contribution in [3.63, 3.8) is 0 Å². The van der Waals surface area contributed by atoms with E-state index >= 15 is 0 Å². The van der Waals surface area contributed by atoms with Crippen LogP contribution in [0, 0.1) is 6.92 Å². The number of hydrogen-bond acceptors (Lipinski definition) is 5. The highest BCUT2D eigenvalue weighted by molar-refractivity contribution is 6.42. The number of fused-ring (bicyclic) bond motifs is 1. The number of pyridine rings is 1. The second-order valence-corrected chi connectivity index (χ2v) is 7.82. The summed E-state index contributed by atoms with van der Waals surface area (Å²) in [6, 6.07) is 9.90. The Hall–Kier alpha value is -3.16. The number of hydrazone groups is 1. The molecule has 0 saturated heterocycles. The van der Waals surface area contributed by atoms with Crippen LogP contribution in [0.4, 0.5) is 5.69 Å². The molecule has 0 radical (unpaired) electrons. The first-order valence-corrected chi connectivity index (χ1v) is 10.4. The van der Waals surface area contributed by atoms with Gasteiger partial charge in [-0.25, -0.2) is 5.43 Å². The predicted octanol–water partition coefficient (Wildman–Crippen LogP) is 5.01. The summed E-state index contributed by atoms with van der Waals surface area (Å²) in [5.41, 5.74) is 5.41. The number of benzene rings is 1. The molecular formula is C22H18Cl2N4O3. The second-order valence-electron chi connectivity index (χ2n) is 7.01. The van der Waals surface area contributed by atoms with E-state index in [0.29, 0.717) is 45.6 Å². The molecule has 1 aliphatic carbocycles. The minimum atomic E-state index is -0.404. The van der Waals surface area contributed by atoms with Gasteiger partial charge in [0.15, 0.2) is 5.76 Å². The molecule has 9 heteroatoms. The number of carbonyl (C=O) groups is 2. The number of halogens is 2. The zero-order valence-electron chi connectivity index (χ0n) is 16.5. The van der Waals surface area contributed by atoms with Crippen molar-refractivity contribution in [1.29, 1.82) is 0 Å². The molecule has 2 aromatic heterocycles. The summed E-state index contributed by atoms with van der Waals surface area (Å²) in [7, 11) is 0. The molecule has 7 nitrogen and oxygen atoms in total. The van der Waals surface area contributed by atoms with Crippen LogP contribution in [-0.4, -0.2) is 22.5 Å². The summed E-state index contributed by atoms with van der Waals surface area (Å²) in [5.74, 6) is 0.0664. The van der Waals surface area contributed by atoms with Crippen LogP contribution in [0.1, 0.15) is 50.8 Å². The van der Waals surface area contributed by atoms with Crippen LogP contribution in [-0.2, 0) is 6.42 Å². The van der Waals surface area contributed by atoms with Crippen molar-refractivity contribution >= 4 is 46.4 Å². The van der Waals surface area contributed by atoms with Crippen molar-refractivity contribution in [2.45, 2.75) is 26.2 Å². The van der Waals surface area contributed by atoms with Gasteiger partial charge in [0, 0.05) is 29.4 Å². The lowest BCUT2D eigenvalue weighted by Crippen LogP contribution is -2.22. The number of carbonyl (C=O) groups excluding carboxylic acids is 2. The first-order valence-electron chi connectivity index (χ1n) is 9.61. The molecule has 1 aliphatic rings. The molecule has 0 fully saturated rings. The summed E-state index contributed by atoms with van der Waals surface area (Å²) in [4.78, 5) is 29.1. The normalized spacial score (nSPS) is 14.2. The number of anilines is 1. The van der Waals surface area contributed by atoms with E-state index in [2.05, 4.69) is 20.8 Å². The Morgan fingerprint density at radius 3 is 2.68 bits per heavy atom. The van der Waals surface area contributed by atoms with E-state index in [1.807, 2.05) is 0 Å². The van der Waals surface area contributed by atoms with Crippen LogP contribution in [0.25, 0.3) is 0 Å². The van der Waals surface area contributed by atoms with Crippen LogP contribution in [0.3, 0.4) is 0 Å². The Bertz CT molecular complexity index is 1190. The van der Waals surface area contributed by atoms with Crippen molar-refractivity contribution in [3.05, 3.63) is 81.0 Å². The Morgan fingerprint density at radius 2 is 1.94 bits per heavy atom. The van der Waals surface area contributed by atoms with Crippen molar-refractivity contribution < 1.29 is 14.0 Å². The van der Waals surface area contributed by atoms with Crippen molar-refractivity contribution in [2.24, 2.45) is 5.10 Å². The van der Waals surface area contributed by atoms with E-state index in [1.165, 1.54) is 0 Å². The largest absolute Gasteiger partial charge is 0.455 e. The fraction of sp³-hybridized carbons (Fsp3) is 0.182. The lowest BCUT2D eigenvalue weighted by atomic mass is 9.93. The second kappa shape index (κ2) is 8.91. The van der Waals surface area contributed by atoms with Crippen LogP contribution in [0.15, 0.2) is 52.1 Å². The summed E-state index contributed by atoms with van der Waals surface area (Å²) in [5, 5.41) is 7.80. The van der Waals surface area contributed by atoms with E-state index in [4.69, 9.17) is 27.6 Å². The van der Waals surface area contributed by atoms with Crippen LogP contribution in [0.2, 0.25) is 10.0 Å². The molecule has 0 atom stereocenters. The molecule has 158 valence electrons. The van der Waals surface area contributed by atoms with Gasteiger partial charge in [0.25, 0.3) is 11.8 Å². The minimum absolute atomic E-state index is 0.196. The quantitative estimate of drug-likeness (QED) is 0.538. The third-order valence-corrected chi connectivity index (χ3v) is 5.64. The number of nitrogens with one attached hydrogen (secondary N) is 2. The predicted molar refractivity (Wildman–Crippen MR) is 119 cm³/mol. The maximum atomic E-state index is 12.8. The summed E-state index contributed by atoms with van der Waals surface area (Å²) >= 11 is 11.9. The standard InChI is InChI=1S/C22H18Cl2N4O3/c1-12-19-16(27-28-21(29)17-5-2-3-10-25-17)6-4-7-18(19)31-20(12)22(30)26-13-8-9-14(23)15(24)11-13/h2-3,5,8-11H,4,6-7H2,1H3,(H,26,30)(H,28,29)/b27-16+. The number of aromatic nitrogens is 1. The molecule has 0 aliphatic heterocycles. The Kier molecular flexibility index (Phi) is 6.06. The van der Waals surface area contributed by atoms with Gasteiger partial charge in [-0.2, -0.15) is 5.10 Å². The number of amides is 2. The van der Waals surface area contributed by atoms with E-state index < -0.39 is 11.8 Å². The van der Waals surface area contributed by atoms with E-state index in [0.717, 1.165) is 12.0 Å². The van der Waals surface area contributed by atoms with Gasteiger partial charge in [0.2, 0.25) is 0 Å². The maximum absolute atomic E-state index is 12.8. The Labute approximate surface area is 188 Å². The molecule has 4 rings (SSSR count). The molecule has 0 saturated carbocycles. The third-order valence-electron chi connectivity index (χ3n) is 4.90. The zero-order chi connectivity index (χ0) is 22.0. The average Bonchev–Trinajstić information content (AvgIpc) is 3.12. The Morgan fingerprint density at radius 1 is 1.10 bits per heavy atom. The molecule has 3 aromatic rings. The van der Waals surface area contributed by atoms with Gasteiger partial charge >= 0.3 is 0 Å². The maximum Gasteiger partial charge on any atom is 0.291 e. The molecule has 1 aromatic carbocycles. The Balaban J connectivity index is 1.57. The first-order chi connectivity index (χ1) is 14.9. The lowest BCUT2D eigenvalue weighted by Gasteiger charge is -2.13. The fourth-order valence-electron chi connectivity index (χ4n) is 3.43. The van der Waals surface area contributed by atoms with Crippen molar-refractivity contribution in [1.82, 2.24) is 10.4 Å². The molecule has 0 bridgehead atoms. The summed E-state index contributed by atoms with van der Waals surface area (Å²) < 4.78 is 5.87. The molecule has 2 heterocycles. The highest BCUT2D eigenvalue weighted by Crippen LogP contribution is 2.31. The van der Waals surface area contributed by atoms with Gasteiger partial charge in [-0.3, -0.25) is 14.6 Å². The molecule has 0 spiro atoms. The number of nitrogens with zero attached hydrogens (tertiary/aromatic N) is 2. The zero-order valence-corrected chi connectivity index (χ0v) is 18.0. The monoisotopic (exact) mass is 456 g/mol. The number of hydrogen-bond donors (Lipinski definition) is 2.